The summed E-state index contributed by atoms with van der Waals surface area (Å²) in [6.45, 7) is 3.66. The molecule has 0 atom stereocenters. The first-order valence-corrected chi connectivity index (χ1v) is 13.6. The number of rotatable bonds is 7. The molecule has 0 aliphatic carbocycles. The summed E-state index contributed by atoms with van der Waals surface area (Å²) in [6, 6.07) is 18.9. The molecule has 0 amide bonds. The van der Waals surface area contributed by atoms with E-state index in [9.17, 15) is 0 Å². The molecule has 6 heterocycles. The van der Waals surface area contributed by atoms with Crippen molar-refractivity contribution in [2.24, 2.45) is 0 Å². The Kier molecular flexibility index (Phi) is 6.22. The Bertz CT molecular complexity index is 1730. The number of nitrogens with one attached hydrogen (secondary N) is 3. The first kappa shape index (κ1) is 23.5. The van der Waals surface area contributed by atoms with E-state index in [1.165, 1.54) is 24.8 Å². The number of piperidine rings is 1. The van der Waals surface area contributed by atoms with Crippen molar-refractivity contribution >= 4 is 27.6 Å². The Balaban J connectivity index is 1.18. The van der Waals surface area contributed by atoms with Gasteiger partial charge in [0.15, 0.2) is 0 Å². The Labute approximate surface area is 226 Å². The quantitative estimate of drug-likeness (QED) is 0.247. The molecule has 0 saturated carbocycles. The van der Waals surface area contributed by atoms with E-state index in [4.69, 9.17) is 9.97 Å². The van der Waals surface area contributed by atoms with Crippen LogP contribution >= 0.6 is 0 Å². The maximum absolute atomic E-state index is 4.74. The zero-order valence-corrected chi connectivity index (χ0v) is 21.7. The fourth-order valence-electron chi connectivity index (χ4n) is 5.48. The fourth-order valence-corrected chi connectivity index (χ4v) is 5.48. The first-order chi connectivity index (χ1) is 19.3. The summed E-state index contributed by atoms with van der Waals surface area (Å²) >= 11 is 0. The molecule has 39 heavy (non-hydrogen) atoms. The van der Waals surface area contributed by atoms with E-state index in [2.05, 4.69) is 72.8 Å². The average molecular weight is 515 g/mol. The second-order valence-corrected chi connectivity index (χ2v) is 10.2. The first-order valence-electron chi connectivity index (χ1n) is 13.6. The molecule has 1 fully saturated rings. The van der Waals surface area contributed by atoms with Crippen molar-refractivity contribution in [3.8, 4) is 22.6 Å². The second-order valence-electron chi connectivity index (χ2n) is 10.2. The number of fused-ring (bicyclic) bond motifs is 2. The zero-order chi connectivity index (χ0) is 26.0. The second kappa shape index (κ2) is 10.3. The molecule has 1 aromatic carbocycles. The number of nitrogens with zero attached hydrogens (tertiary/aromatic N) is 5. The van der Waals surface area contributed by atoms with E-state index in [1.54, 1.807) is 0 Å². The number of hydrogen-bond acceptors (Lipinski definition) is 6. The Morgan fingerprint density at radius 1 is 0.795 bits per heavy atom. The molecule has 0 spiro atoms. The van der Waals surface area contributed by atoms with Gasteiger partial charge in [-0.15, -0.1) is 0 Å². The maximum Gasteiger partial charge on any atom is 0.137 e. The SMILES string of the molecule is c1ccc(CNCc2cncc(-c3cc4c(-c5cc6c(N7CCCCC7)nccc6[nH]5)n[nH]c4cn3)c2)cc1. The molecule has 3 N–H and O–H groups in total. The van der Waals surface area contributed by atoms with Gasteiger partial charge in [0.25, 0.3) is 0 Å². The van der Waals surface area contributed by atoms with Crippen LogP contribution in [0.25, 0.3) is 44.5 Å². The van der Waals surface area contributed by atoms with Gasteiger partial charge < -0.3 is 15.2 Å². The van der Waals surface area contributed by atoms with Crippen LogP contribution in [0.4, 0.5) is 5.82 Å². The summed E-state index contributed by atoms with van der Waals surface area (Å²) in [5, 5.41) is 13.5. The summed E-state index contributed by atoms with van der Waals surface area (Å²) in [6.07, 6.45) is 11.2. The van der Waals surface area contributed by atoms with Crippen molar-refractivity contribution in [2.75, 3.05) is 18.0 Å². The number of H-pyrrole nitrogens is 2. The van der Waals surface area contributed by atoms with Gasteiger partial charge in [0.1, 0.15) is 11.5 Å². The highest BCUT2D eigenvalue weighted by molar-refractivity contribution is 5.99. The van der Waals surface area contributed by atoms with Crippen LogP contribution in [0.1, 0.15) is 30.4 Å². The highest BCUT2D eigenvalue weighted by Crippen LogP contribution is 2.34. The molecule has 7 rings (SSSR count). The number of benzene rings is 1. The summed E-state index contributed by atoms with van der Waals surface area (Å²) in [7, 11) is 0. The van der Waals surface area contributed by atoms with Crippen molar-refractivity contribution in [3.63, 3.8) is 0 Å². The lowest BCUT2D eigenvalue weighted by molar-refractivity contribution is 0.575. The van der Waals surface area contributed by atoms with Crippen LogP contribution in [0, 0.1) is 0 Å². The lowest BCUT2D eigenvalue weighted by atomic mass is 10.1. The van der Waals surface area contributed by atoms with Crippen molar-refractivity contribution < 1.29 is 0 Å². The molecule has 1 saturated heterocycles. The summed E-state index contributed by atoms with van der Waals surface area (Å²) in [4.78, 5) is 19.9. The van der Waals surface area contributed by atoms with Crippen LogP contribution in [-0.4, -0.2) is 43.2 Å². The molecular formula is C31H30N8. The predicted molar refractivity (Wildman–Crippen MR) is 155 cm³/mol. The molecular weight excluding hydrogens is 484 g/mol. The van der Waals surface area contributed by atoms with Crippen molar-refractivity contribution in [1.29, 1.82) is 0 Å². The van der Waals surface area contributed by atoms with E-state index in [0.717, 1.165) is 82.0 Å². The van der Waals surface area contributed by atoms with E-state index in [0.29, 0.717) is 0 Å². The minimum atomic E-state index is 0.734. The maximum atomic E-state index is 4.74. The predicted octanol–water partition coefficient (Wildman–Crippen LogP) is 5.84. The van der Waals surface area contributed by atoms with Crippen molar-refractivity contribution in [2.45, 2.75) is 32.4 Å². The van der Waals surface area contributed by atoms with E-state index in [1.807, 2.05) is 36.9 Å². The third kappa shape index (κ3) is 4.75. The molecule has 1 aliphatic rings. The van der Waals surface area contributed by atoms with Crippen LogP contribution in [0.2, 0.25) is 0 Å². The fraction of sp³-hybridized carbons (Fsp3) is 0.226. The van der Waals surface area contributed by atoms with Gasteiger partial charge in [-0.3, -0.25) is 15.1 Å². The van der Waals surface area contributed by atoms with Gasteiger partial charge in [-0.1, -0.05) is 30.3 Å². The number of anilines is 1. The lowest BCUT2D eigenvalue weighted by Gasteiger charge is -2.28. The molecule has 1 aliphatic heterocycles. The normalized spacial score (nSPS) is 13.9. The van der Waals surface area contributed by atoms with E-state index >= 15 is 0 Å². The molecule has 0 radical (unpaired) electrons. The summed E-state index contributed by atoms with van der Waals surface area (Å²) in [5.74, 6) is 1.06. The third-order valence-corrected chi connectivity index (χ3v) is 7.48. The lowest BCUT2D eigenvalue weighted by Crippen LogP contribution is -2.30. The van der Waals surface area contributed by atoms with Crippen LogP contribution in [0.3, 0.4) is 0 Å². The highest BCUT2D eigenvalue weighted by atomic mass is 15.2. The standard InChI is InChI=1S/C31H30N8/c1-3-7-21(8-4-1)16-32-17-22-13-23(19-33-18-22)27-14-24-29(20-35-27)37-38-30(24)28-15-25-26(36-28)9-10-34-31(25)39-11-5-2-6-12-39/h1,3-4,7-10,13-15,18-20,32,36H,2,5-6,11-12,16-17H2,(H,37,38). The van der Waals surface area contributed by atoms with Gasteiger partial charge in [-0.2, -0.15) is 5.10 Å². The minimum Gasteiger partial charge on any atom is -0.356 e. The molecule has 6 aromatic rings. The average Bonchev–Trinajstić information content (AvgIpc) is 3.62. The Morgan fingerprint density at radius 3 is 2.56 bits per heavy atom. The topological polar surface area (TPSA) is 98.4 Å². The molecule has 8 nitrogen and oxygen atoms in total. The highest BCUT2D eigenvalue weighted by Gasteiger charge is 2.18. The molecule has 8 heteroatoms. The smallest absolute Gasteiger partial charge is 0.137 e. The summed E-state index contributed by atoms with van der Waals surface area (Å²) < 4.78 is 0. The Morgan fingerprint density at radius 2 is 1.67 bits per heavy atom. The van der Waals surface area contributed by atoms with Gasteiger partial charge in [-0.25, -0.2) is 4.98 Å². The molecule has 0 unspecified atom stereocenters. The Hall–Kier alpha value is -4.56. The van der Waals surface area contributed by atoms with Gasteiger partial charge in [0, 0.05) is 61.1 Å². The van der Waals surface area contributed by atoms with Gasteiger partial charge in [-0.05, 0) is 54.7 Å². The number of aromatic nitrogens is 6. The van der Waals surface area contributed by atoms with Crippen molar-refractivity contribution in [3.05, 3.63) is 90.5 Å². The van der Waals surface area contributed by atoms with E-state index < -0.39 is 0 Å². The van der Waals surface area contributed by atoms with E-state index in [-0.39, 0.29) is 0 Å². The van der Waals surface area contributed by atoms with Crippen LogP contribution in [-0.2, 0) is 13.1 Å². The molecule has 5 aromatic heterocycles. The third-order valence-electron chi connectivity index (χ3n) is 7.48. The van der Waals surface area contributed by atoms with Gasteiger partial charge in [0.05, 0.1) is 28.6 Å². The summed E-state index contributed by atoms with van der Waals surface area (Å²) in [5.41, 5.74) is 8.05. The van der Waals surface area contributed by atoms with Gasteiger partial charge in [0.2, 0.25) is 0 Å². The van der Waals surface area contributed by atoms with Gasteiger partial charge >= 0.3 is 0 Å². The number of aromatic amines is 2. The van der Waals surface area contributed by atoms with Crippen LogP contribution < -0.4 is 10.2 Å². The number of pyridine rings is 3. The monoisotopic (exact) mass is 514 g/mol. The molecule has 0 bridgehead atoms. The minimum absolute atomic E-state index is 0.734. The van der Waals surface area contributed by atoms with Crippen LogP contribution in [0.5, 0.6) is 0 Å². The van der Waals surface area contributed by atoms with Crippen LogP contribution in [0.15, 0.2) is 79.4 Å². The zero-order valence-electron chi connectivity index (χ0n) is 21.7. The molecule has 194 valence electrons. The van der Waals surface area contributed by atoms with Crippen molar-refractivity contribution in [1.82, 2.24) is 35.5 Å². The number of hydrogen-bond donors (Lipinski definition) is 3. The largest absolute Gasteiger partial charge is 0.356 e.